The van der Waals surface area contributed by atoms with E-state index in [0.29, 0.717) is 17.8 Å². The molecule has 3 saturated carbocycles. The van der Waals surface area contributed by atoms with Crippen molar-refractivity contribution >= 4 is 15.7 Å². The first-order valence-corrected chi connectivity index (χ1v) is 13.8. The number of nitrogens with one attached hydrogen (secondary N) is 1. The number of hydrogen-bond acceptors (Lipinski definition) is 5. The predicted molar refractivity (Wildman–Crippen MR) is 128 cm³/mol. The fourth-order valence-corrected chi connectivity index (χ4v) is 8.49. The monoisotopic (exact) mass is 472 g/mol. The number of sulfonamides is 1. The molecule has 6 atom stereocenters. The van der Waals surface area contributed by atoms with Crippen LogP contribution >= 0.6 is 0 Å². The van der Waals surface area contributed by atoms with E-state index in [4.69, 9.17) is 0 Å². The molecule has 0 heterocycles. The lowest BCUT2D eigenvalue weighted by atomic mass is 9.47. The SMILES string of the molecule is Cc1ccc(S(=O)(=O)N/N=C2\CC[C@H]3[C@@H]4CCC5=CC(O)CC[C@]5(CO)[C@H]4CC[C@]23C)cc1. The summed E-state index contributed by atoms with van der Waals surface area (Å²) in [4.78, 5) is 2.75. The molecule has 3 fully saturated rings. The second kappa shape index (κ2) is 8.21. The number of nitrogens with zero attached hydrogens (tertiary/aromatic N) is 1. The van der Waals surface area contributed by atoms with Crippen LogP contribution in [0.15, 0.2) is 45.9 Å². The van der Waals surface area contributed by atoms with Gasteiger partial charge in [-0.1, -0.05) is 36.3 Å². The molecule has 0 radical (unpaired) electrons. The topological polar surface area (TPSA) is 99.0 Å². The van der Waals surface area contributed by atoms with Crippen molar-refractivity contribution in [3.63, 3.8) is 0 Å². The smallest absolute Gasteiger partial charge is 0.276 e. The first-order valence-electron chi connectivity index (χ1n) is 12.4. The lowest BCUT2D eigenvalue weighted by Crippen LogP contribution is -2.53. The summed E-state index contributed by atoms with van der Waals surface area (Å²) in [5.41, 5.74) is 2.97. The van der Waals surface area contributed by atoms with Crippen molar-refractivity contribution in [3.05, 3.63) is 41.5 Å². The van der Waals surface area contributed by atoms with Gasteiger partial charge in [0.1, 0.15) is 0 Å². The van der Waals surface area contributed by atoms with Gasteiger partial charge in [0.2, 0.25) is 0 Å². The third kappa shape index (κ3) is 3.67. The molecule has 0 aromatic heterocycles. The zero-order chi connectivity index (χ0) is 23.4. The predicted octanol–water partition coefficient (Wildman–Crippen LogP) is 3.93. The van der Waals surface area contributed by atoms with Crippen LogP contribution in [-0.2, 0) is 10.0 Å². The van der Waals surface area contributed by atoms with Gasteiger partial charge in [-0.25, -0.2) is 4.83 Å². The molecule has 180 valence electrons. The van der Waals surface area contributed by atoms with Crippen LogP contribution in [0.25, 0.3) is 0 Å². The molecular formula is C26H36N2O4S. The van der Waals surface area contributed by atoms with Gasteiger partial charge in [-0.2, -0.15) is 13.5 Å². The van der Waals surface area contributed by atoms with Gasteiger partial charge in [0.25, 0.3) is 10.0 Å². The minimum absolute atomic E-state index is 0.108. The summed E-state index contributed by atoms with van der Waals surface area (Å²) < 4.78 is 25.6. The lowest BCUT2D eigenvalue weighted by molar-refractivity contribution is -0.0574. The third-order valence-corrected chi connectivity index (χ3v) is 10.7. The number of aryl methyl sites for hydroxylation is 1. The van der Waals surface area contributed by atoms with Gasteiger partial charge in [-0.05, 0) is 88.2 Å². The average Bonchev–Trinajstić information content (AvgIpc) is 3.14. The minimum atomic E-state index is -3.69. The van der Waals surface area contributed by atoms with Crippen molar-refractivity contribution in [3.8, 4) is 0 Å². The van der Waals surface area contributed by atoms with E-state index in [1.165, 1.54) is 5.57 Å². The van der Waals surface area contributed by atoms with Gasteiger partial charge < -0.3 is 10.2 Å². The van der Waals surface area contributed by atoms with E-state index in [1.54, 1.807) is 24.3 Å². The average molecular weight is 473 g/mol. The Morgan fingerprint density at radius 1 is 1.06 bits per heavy atom. The molecule has 6 nitrogen and oxygen atoms in total. The Hall–Kier alpha value is -1.70. The Labute approximate surface area is 197 Å². The molecule has 1 aromatic carbocycles. The maximum absolute atomic E-state index is 12.8. The molecule has 1 unspecified atom stereocenters. The van der Waals surface area contributed by atoms with Gasteiger partial charge in [0.05, 0.1) is 17.6 Å². The minimum Gasteiger partial charge on any atom is -0.395 e. The number of benzene rings is 1. The molecule has 4 aliphatic rings. The highest BCUT2D eigenvalue weighted by Crippen LogP contribution is 2.64. The molecule has 0 aliphatic heterocycles. The lowest BCUT2D eigenvalue weighted by Gasteiger charge is -2.58. The molecule has 4 aliphatic carbocycles. The second-order valence-electron chi connectivity index (χ2n) is 11.0. The molecule has 0 amide bonds. The molecule has 0 spiro atoms. The van der Waals surface area contributed by atoms with Crippen LogP contribution in [0.4, 0.5) is 0 Å². The van der Waals surface area contributed by atoms with Crippen LogP contribution in [0.1, 0.15) is 63.9 Å². The Balaban J connectivity index is 1.39. The van der Waals surface area contributed by atoms with Gasteiger partial charge in [0.15, 0.2) is 0 Å². The van der Waals surface area contributed by atoms with Crippen molar-refractivity contribution in [1.82, 2.24) is 4.83 Å². The Kier molecular flexibility index (Phi) is 5.73. The Morgan fingerprint density at radius 3 is 2.55 bits per heavy atom. The summed E-state index contributed by atoms with van der Waals surface area (Å²) in [6, 6.07) is 6.82. The molecular weight excluding hydrogens is 436 g/mol. The van der Waals surface area contributed by atoms with E-state index in [-0.39, 0.29) is 28.4 Å². The van der Waals surface area contributed by atoms with E-state index in [0.717, 1.165) is 62.6 Å². The van der Waals surface area contributed by atoms with Crippen molar-refractivity contribution in [2.24, 2.45) is 33.7 Å². The highest BCUT2D eigenvalue weighted by atomic mass is 32.2. The number of aliphatic hydroxyl groups excluding tert-OH is 2. The highest BCUT2D eigenvalue weighted by Gasteiger charge is 2.59. The molecule has 5 rings (SSSR count). The van der Waals surface area contributed by atoms with Gasteiger partial charge in [0, 0.05) is 16.5 Å². The van der Waals surface area contributed by atoms with Crippen molar-refractivity contribution in [2.45, 2.75) is 76.2 Å². The molecule has 0 saturated heterocycles. The fourth-order valence-electron chi connectivity index (χ4n) is 7.66. The maximum Gasteiger partial charge on any atom is 0.276 e. The highest BCUT2D eigenvalue weighted by molar-refractivity contribution is 7.89. The summed E-state index contributed by atoms with van der Waals surface area (Å²) >= 11 is 0. The first kappa shape index (κ1) is 23.1. The van der Waals surface area contributed by atoms with Crippen LogP contribution in [-0.4, -0.2) is 37.1 Å². The van der Waals surface area contributed by atoms with Crippen LogP contribution in [0.5, 0.6) is 0 Å². The number of hydrogen-bond donors (Lipinski definition) is 3. The third-order valence-electron chi connectivity index (χ3n) is 9.47. The van der Waals surface area contributed by atoms with E-state index in [9.17, 15) is 18.6 Å². The van der Waals surface area contributed by atoms with Gasteiger partial charge in [-0.3, -0.25) is 0 Å². The molecule has 0 bridgehead atoms. The number of fused-ring (bicyclic) bond motifs is 5. The standard InChI is InChI=1S/C26H36N2O4S/c1-17-3-6-20(7-4-17)33(31,32)28-27-24-10-9-22-21-8-5-18-15-19(30)11-14-26(18,16-29)23(21)12-13-25(22,24)2/h3-4,6-7,15,19,21-23,28-30H,5,8-14,16H2,1-2H3/b27-24+/t19?,21-,22-,23-,25-,26+/m0/s1. The summed E-state index contributed by atoms with van der Waals surface area (Å²) in [6.45, 7) is 4.36. The number of aliphatic hydroxyl groups is 2. The zero-order valence-corrected chi connectivity index (χ0v) is 20.4. The summed E-state index contributed by atoms with van der Waals surface area (Å²) in [7, 11) is -3.69. The zero-order valence-electron chi connectivity index (χ0n) is 19.6. The molecule has 7 heteroatoms. The quantitative estimate of drug-likeness (QED) is 0.457. The first-order chi connectivity index (χ1) is 15.7. The van der Waals surface area contributed by atoms with Crippen LogP contribution in [0.2, 0.25) is 0 Å². The van der Waals surface area contributed by atoms with E-state index >= 15 is 0 Å². The van der Waals surface area contributed by atoms with Gasteiger partial charge in [-0.15, -0.1) is 0 Å². The van der Waals surface area contributed by atoms with Crippen LogP contribution in [0.3, 0.4) is 0 Å². The van der Waals surface area contributed by atoms with Crippen molar-refractivity contribution in [1.29, 1.82) is 0 Å². The number of rotatable bonds is 4. The largest absolute Gasteiger partial charge is 0.395 e. The van der Waals surface area contributed by atoms with Gasteiger partial charge >= 0.3 is 0 Å². The molecule has 33 heavy (non-hydrogen) atoms. The van der Waals surface area contributed by atoms with Crippen molar-refractivity contribution in [2.75, 3.05) is 6.61 Å². The summed E-state index contributed by atoms with van der Waals surface area (Å²) in [5.74, 6) is 1.39. The summed E-state index contributed by atoms with van der Waals surface area (Å²) in [5, 5.41) is 25.2. The van der Waals surface area contributed by atoms with Crippen LogP contribution < -0.4 is 4.83 Å². The number of hydrazone groups is 1. The molecule has 3 N–H and O–H groups in total. The normalized spacial score (nSPS) is 39.4. The molecule has 1 aromatic rings. The Bertz CT molecular complexity index is 1080. The van der Waals surface area contributed by atoms with Crippen LogP contribution in [0, 0.1) is 35.5 Å². The van der Waals surface area contributed by atoms with E-state index in [1.807, 2.05) is 13.0 Å². The van der Waals surface area contributed by atoms with E-state index in [2.05, 4.69) is 16.9 Å². The van der Waals surface area contributed by atoms with E-state index < -0.39 is 10.0 Å². The summed E-state index contributed by atoms with van der Waals surface area (Å²) in [6.07, 6.45) is 9.05. The fraction of sp³-hybridized carbons (Fsp3) is 0.654. The second-order valence-corrected chi connectivity index (χ2v) is 12.6. The Morgan fingerprint density at radius 2 is 1.82 bits per heavy atom. The van der Waals surface area contributed by atoms with Crippen molar-refractivity contribution < 1.29 is 18.6 Å². The maximum atomic E-state index is 12.8.